The van der Waals surface area contributed by atoms with Crippen LogP contribution in [0, 0.1) is 11.6 Å². The molecule has 0 spiro atoms. The molecule has 140 valence electrons. The lowest BCUT2D eigenvalue weighted by Gasteiger charge is -2.07. The van der Waals surface area contributed by atoms with Crippen molar-refractivity contribution in [2.24, 2.45) is 0 Å². The van der Waals surface area contributed by atoms with Crippen molar-refractivity contribution in [2.45, 2.75) is 11.4 Å². The molecule has 0 bridgehead atoms. The van der Waals surface area contributed by atoms with Gasteiger partial charge >= 0.3 is 0 Å². The van der Waals surface area contributed by atoms with Crippen molar-refractivity contribution in [1.82, 2.24) is 14.3 Å². The van der Waals surface area contributed by atoms with Gasteiger partial charge in [-0.25, -0.2) is 26.9 Å². The standard InChI is InChI=1S/C17H12ClF2N3O3S/c18-12-4-1-2-7-16(12)27(25,26)22-17(24)15-9-23(10-21-15)8-11-13(19)5-3-6-14(11)20/h1-7,9-10H,8H2,(H,22,24). The summed E-state index contributed by atoms with van der Waals surface area (Å²) in [6, 6.07) is 9.09. The fourth-order valence-electron chi connectivity index (χ4n) is 2.32. The minimum absolute atomic E-state index is 0.0432. The molecule has 1 amide bonds. The van der Waals surface area contributed by atoms with E-state index in [1.807, 2.05) is 4.72 Å². The zero-order valence-corrected chi connectivity index (χ0v) is 15.1. The number of halogens is 3. The van der Waals surface area contributed by atoms with Crippen LogP contribution in [0.2, 0.25) is 5.02 Å². The lowest BCUT2D eigenvalue weighted by Crippen LogP contribution is -2.31. The van der Waals surface area contributed by atoms with E-state index in [1.54, 1.807) is 6.07 Å². The first-order valence-electron chi connectivity index (χ1n) is 7.54. The van der Waals surface area contributed by atoms with Gasteiger partial charge in [-0.05, 0) is 24.3 Å². The Morgan fingerprint density at radius 3 is 2.44 bits per heavy atom. The highest BCUT2D eigenvalue weighted by Crippen LogP contribution is 2.20. The Kier molecular flexibility index (Phi) is 5.24. The second-order valence-electron chi connectivity index (χ2n) is 5.50. The molecule has 1 heterocycles. The maximum Gasteiger partial charge on any atom is 0.285 e. The fraction of sp³-hybridized carbons (Fsp3) is 0.0588. The maximum absolute atomic E-state index is 13.7. The van der Waals surface area contributed by atoms with E-state index < -0.39 is 27.6 Å². The topological polar surface area (TPSA) is 81.1 Å². The van der Waals surface area contributed by atoms with Gasteiger partial charge in [0.05, 0.1) is 17.9 Å². The van der Waals surface area contributed by atoms with Crippen LogP contribution in [0.3, 0.4) is 0 Å². The highest BCUT2D eigenvalue weighted by Gasteiger charge is 2.22. The number of sulfonamides is 1. The second-order valence-corrected chi connectivity index (χ2v) is 7.55. The number of rotatable bonds is 5. The van der Waals surface area contributed by atoms with Crippen LogP contribution in [-0.2, 0) is 16.6 Å². The summed E-state index contributed by atoms with van der Waals surface area (Å²) in [5, 5.41) is -0.0432. The van der Waals surface area contributed by atoms with Crippen LogP contribution < -0.4 is 4.72 Å². The van der Waals surface area contributed by atoms with E-state index in [4.69, 9.17) is 11.6 Å². The number of nitrogens with one attached hydrogen (secondary N) is 1. The Morgan fingerprint density at radius 1 is 1.11 bits per heavy atom. The van der Waals surface area contributed by atoms with Gasteiger partial charge in [0.25, 0.3) is 15.9 Å². The van der Waals surface area contributed by atoms with Gasteiger partial charge in [-0.3, -0.25) is 4.79 Å². The summed E-state index contributed by atoms with van der Waals surface area (Å²) >= 11 is 5.84. The summed E-state index contributed by atoms with van der Waals surface area (Å²) in [4.78, 5) is 15.7. The molecule has 2 aromatic carbocycles. The van der Waals surface area contributed by atoms with Gasteiger partial charge < -0.3 is 4.57 Å². The molecule has 0 saturated carbocycles. The zero-order valence-electron chi connectivity index (χ0n) is 13.6. The maximum atomic E-state index is 13.7. The van der Waals surface area contributed by atoms with Crippen LogP contribution in [0.5, 0.6) is 0 Å². The molecule has 6 nitrogen and oxygen atoms in total. The zero-order chi connectivity index (χ0) is 19.6. The third-order valence-corrected chi connectivity index (χ3v) is 5.45. The van der Waals surface area contributed by atoms with E-state index >= 15 is 0 Å². The number of carbonyl (C=O) groups is 1. The van der Waals surface area contributed by atoms with Crippen LogP contribution in [-0.4, -0.2) is 23.9 Å². The van der Waals surface area contributed by atoms with Crippen LogP contribution >= 0.6 is 11.6 Å². The Bertz CT molecular complexity index is 1100. The van der Waals surface area contributed by atoms with Crippen LogP contribution in [0.1, 0.15) is 16.1 Å². The van der Waals surface area contributed by atoms with Crippen molar-refractivity contribution in [3.63, 3.8) is 0 Å². The van der Waals surface area contributed by atoms with Crippen molar-refractivity contribution < 1.29 is 22.0 Å². The first-order chi connectivity index (χ1) is 12.8. The van der Waals surface area contributed by atoms with Gasteiger partial charge in [0.2, 0.25) is 0 Å². The molecule has 0 atom stereocenters. The largest absolute Gasteiger partial charge is 0.332 e. The van der Waals surface area contributed by atoms with Gasteiger partial charge in [0.15, 0.2) is 0 Å². The summed E-state index contributed by atoms with van der Waals surface area (Å²) in [5.74, 6) is -2.48. The van der Waals surface area contributed by atoms with E-state index in [0.29, 0.717) is 0 Å². The van der Waals surface area contributed by atoms with Crippen LogP contribution in [0.4, 0.5) is 8.78 Å². The van der Waals surface area contributed by atoms with Crippen molar-refractivity contribution in [3.8, 4) is 0 Å². The molecule has 0 aliphatic rings. The summed E-state index contributed by atoms with van der Waals surface area (Å²) in [7, 11) is -4.20. The number of hydrogen-bond acceptors (Lipinski definition) is 4. The Morgan fingerprint density at radius 2 is 1.78 bits per heavy atom. The van der Waals surface area contributed by atoms with Crippen molar-refractivity contribution in [3.05, 3.63) is 82.9 Å². The molecular formula is C17H12ClF2N3O3S. The lowest BCUT2D eigenvalue weighted by atomic mass is 10.2. The van der Waals surface area contributed by atoms with Gasteiger partial charge in [0.1, 0.15) is 22.2 Å². The van der Waals surface area contributed by atoms with Gasteiger partial charge in [-0.1, -0.05) is 29.8 Å². The number of imidazole rings is 1. The van der Waals surface area contributed by atoms with E-state index in [2.05, 4.69) is 4.98 Å². The van der Waals surface area contributed by atoms with Crippen molar-refractivity contribution in [2.75, 3.05) is 0 Å². The first kappa shape index (κ1) is 19.0. The summed E-state index contributed by atoms with van der Waals surface area (Å²) in [6.07, 6.45) is 2.35. The SMILES string of the molecule is O=C(NS(=O)(=O)c1ccccc1Cl)c1cn(Cc2c(F)cccc2F)cn1. The highest BCUT2D eigenvalue weighted by molar-refractivity contribution is 7.90. The minimum atomic E-state index is -4.20. The van der Waals surface area contributed by atoms with Crippen LogP contribution in [0.15, 0.2) is 59.9 Å². The number of benzene rings is 2. The highest BCUT2D eigenvalue weighted by atomic mass is 35.5. The monoisotopic (exact) mass is 411 g/mol. The van der Waals surface area contributed by atoms with Gasteiger partial charge in [-0.2, -0.15) is 0 Å². The average Bonchev–Trinajstić information content (AvgIpc) is 3.07. The smallest absolute Gasteiger partial charge is 0.285 e. The minimum Gasteiger partial charge on any atom is -0.332 e. The van der Waals surface area contributed by atoms with Crippen molar-refractivity contribution in [1.29, 1.82) is 0 Å². The molecule has 1 N–H and O–H groups in total. The average molecular weight is 412 g/mol. The molecule has 0 aliphatic heterocycles. The molecule has 0 unspecified atom stereocenters. The van der Waals surface area contributed by atoms with E-state index in [-0.39, 0.29) is 27.7 Å². The molecule has 0 fully saturated rings. The van der Waals surface area contributed by atoms with Gasteiger partial charge in [-0.15, -0.1) is 0 Å². The van der Waals surface area contributed by atoms with Crippen LogP contribution in [0.25, 0.3) is 0 Å². The lowest BCUT2D eigenvalue weighted by molar-refractivity contribution is 0.0977. The first-order valence-corrected chi connectivity index (χ1v) is 9.40. The molecule has 27 heavy (non-hydrogen) atoms. The summed E-state index contributed by atoms with van der Waals surface area (Å²) in [5.41, 5.74) is -0.437. The van der Waals surface area contributed by atoms with Crippen molar-refractivity contribution >= 4 is 27.5 Å². The molecule has 1 aromatic heterocycles. The predicted octanol–water partition coefficient (Wildman–Crippen LogP) is 2.98. The molecule has 3 aromatic rings. The van der Waals surface area contributed by atoms with Gasteiger partial charge in [0, 0.05) is 11.8 Å². The number of nitrogens with zero attached hydrogens (tertiary/aromatic N) is 2. The molecule has 0 saturated heterocycles. The third-order valence-electron chi connectivity index (χ3n) is 3.62. The molecular weight excluding hydrogens is 400 g/mol. The fourth-order valence-corrected chi connectivity index (χ4v) is 3.80. The molecule has 10 heteroatoms. The number of amides is 1. The Labute approximate surface area is 158 Å². The quantitative estimate of drug-likeness (QED) is 0.699. The predicted molar refractivity (Wildman–Crippen MR) is 93.8 cm³/mol. The van der Waals surface area contributed by atoms with E-state index in [9.17, 15) is 22.0 Å². The summed E-state index contributed by atoms with van der Waals surface area (Å²) < 4.78 is 55.1. The third kappa shape index (κ3) is 4.15. The second kappa shape index (κ2) is 7.45. The number of aromatic nitrogens is 2. The summed E-state index contributed by atoms with van der Waals surface area (Å²) in [6.45, 7) is -0.212. The molecule has 0 radical (unpaired) electrons. The van der Waals surface area contributed by atoms with E-state index in [1.165, 1.54) is 41.4 Å². The molecule has 0 aliphatic carbocycles. The normalized spacial score (nSPS) is 11.4. The van der Waals surface area contributed by atoms with E-state index in [0.717, 1.165) is 12.1 Å². The Balaban J connectivity index is 1.78. The number of carbonyl (C=O) groups excluding carboxylic acids is 1. The Hall–Kier alpha value is -2.78. The molecule has 3 rings (SSSR count). The number of hydrogen-bond donors (Lipinski definition) is 1.